The van der Waals surface area contributed by atoms with Crippen molar-refractivity contribution >= 4 is 33.0 Å². The van der Waals surface area contributed by atoms with Crippen LogP contribution in [0.1, 0.15) is 48.2 Å². The molecule has 3 heterocycles. The molecule has 2 N–H and O–H groups in total. The second-order valence-corrected chi connectivity index (χ2v) is 10.9. The number of amides is 1. The number of nitrogens with zero attached hydrogens (tertiary/aromatic N) is 4. The maximum Gasteiger partial charge on any atom is 0.280 e. The van der Waals surface area contributed by atoms with Crippen molar-refractivity contribution < 1.29 is 22.7 Å². The first-order valence-electron chi connectivity index (χ1n) is 11.0. The van der Waals surface area contributed by atoms with Gasteiger partial charge in [0.2, 0.25) is 15.9 Å². The first-order valence-corrected chi connectivity index (χ1v) is 13.4. The Morgan fingerprint density at radius 2 is 2.06 bits per heavy atom. The van der Waals surface area contributed by atoms with E-state index in [-0.39, 0.29) is 10.3 Å². The molecule has 186 valence electrons. The van der Waals surface area contributed by atoms with Gasteiger partial charge in [0.25, 0.3) is 5.91 Å². The quantitative estimate of drug-likeness (QED) is 0.391. The molecule has 1 fully saturated rings. The lowest BCUT2D eigenvalue weighted by atomic mass is 10.1. The largest absolute Gasteiger partial charge is 0.477 e. The summed E-state index contributed by atoms with van der Waals surface area (Å²) in [4.78, 5) is 30.8. The highest BCUT2D eigenvalue weighted by atomic mass is 32.2. The Morgan fingerprint density at radius 1 is 1.26 bits per heavy atom. The Hall–Kier alpha value is -3.16. The van der Waals surface area contributed by atoms with Crippen molar-refractivity contribution in [2.24, 2.45) is 0 Å². The van der Waals surface area contributed by atoms with E-state index >= 15 is 0 Å². The fraction of sp³-hybridized carbons (Fsp3) is 0.409. The summed E-state index contributed by atoms with van der Waals surface area (Å²) in [6.45, 7) is 4.11. The van der Waals surface area contributed by atoms with E-state index in [1.807, 2.05) is 6.92 Å². The number of rotatable bonds is 11. The van der Waals surface area contributed by atoms with Crippen LogP contribution in [0.3, 0.4) is 0 Å². The number of hydrogen-bond acceptors (Lipinski definition) is 10. The van der Waals surface area contributed by atoms with E-state index in [1.165, 1.54) is 19.5 Å². The summed E-state index contributed by atoms with van der Waals surface area (Å²) in [6, 6.07) is 2.53. The fourth-order valence-electron chi connectivity index (χ4n) is 3.26. The van der Waals surface area contributed by atoms with Crippen molar-refractivity contribution in [1.82, 2.24) is 25.3 Å². The molecule has 1 saturated carbocycles. The minimum atomic E-state index is -3.43. The van der Waals surface area contributed by atoms with Gasteiger partial charge in [-0.15, -0.1) is 11.3 Å². The van der Waals surface area contributed by atoms with E-state index in [2.05, 4.69) is 30.0 Å². The van der Waals surface area contributed by atoms with Crippen LogP contribution in [-0.4, -0.2) is 59.3 Å². The Kier molecular flexibility index (Phi) is 7.57. The van der Waals surface area contributed by atoms with Gasteiger partial charge in [-0.2, -0.15) is 0 Å². The molecule has 1 amide bonds. The molecule has 1 aliphatic carbocycles. The number of methoxy groups -OCH3 is 1. The molecule has 2 atom stereocenters. The number of sulfonamides is 1. The summed E-state index contributed by atoms with van der Waals surface area (Å²) in [6.07, 6.45) is 7.01. The zero-order valence-electron chi connectivity index (χ0n) is 19.5. The van der Waals surface area contributed by atoms with Crippen molar-refractivity contribution in [3.63, 3.8) is 0 Å². The van der Waals surface area contributed by atoms with Crippen LogP contribution >= 0.6 is 11.3 Å². The van der Waals surface area contributed by atoms with E-state index in [0.29, 0.717) is 47.3 Å². The summed E-state index contributed by atoms with van der Waals surface area (Å²) in [5, 5.41) is 2.77. The van der Waals surface area contributed by atoms with Gasteiger partial charge in [0.15, 0.2) is 5.01 Å². The molecule has 0 aliphatic heterocycles. The first-order chi connectivity index (χ1) is 16.8. The molecule has 0 saturated heterocycles. The molecule has 0 aromatic carbocycles. The molecule has 4 rings (SSSR count). The Morgan fingerprint density at radius 3 is 2.77 bits per heavy atom. The molecule has 11 nitrogen and oxygen atoms in total. The number of nitrogens with one attached hydrogen (secondary N) is 2. The average Bonchev–Trinajstić information content (AvgIpc) is 3.60. The molecular formula is C22H26N6O5S2. The summed E-state index contributed by atoms with van der Waals surface area (Å²) in [5.41, 5.74) is 1.39. The second kappa shape index (κ2) is 10.6. The van der Waals surface area contributed by atoms with Gasteiger partial charge in [0.1, 0.15) is 5.69 Å². The maximum absolute atomic E-state index is 13.1. The molecule has 35 heavy (non-hydrogen) atoms. The lowest BCUT2D eigenvalue weighted by Gasteiger charge is -2.23. The standard InChI is InChI=1S/C22H26N6O5S2/c1-4-33-19-12-23-10-17(26-19)18-11-25-22(34-18)21(29)27-20(13(2)32-3)16-9-14(7-8-24-16)28-35(30,31)15-5-6-15/h7-13,15,20H,4-6H2,1-3H3,(H,24,28)(H,27,29)/t13-,20-/m1/s1. The number of hydrogen-bond donors (Lipinski definition) is 2. The minimum Gasteiger partial charge on any atom is -0.477 e. The van der Waals surface area contributed by atoms with Gasteiger partial charge in [-0.1, -0.05) is 0 Å². The molecule has 0 bridgehead atoms. The number of carbonyl (C=O) groups excluding carboxylic acids is 1. The van der Waals surface area contributed by atoms with Crippen molar-refractivity contribution in [2.45, 2.75) is 44.1 Å². The van der Waals surface area contributed by atoms with Crippen LogP contribution in [-0.2, 0) is 14.8 Å². The summed E-state index contributed by atoms with van der Waals surface area (Å²) < 4.78 is 38.1. The van der Waals surface area contributed by atoms with Gasteiger partial charge >= 0.3 is 0 Å². The van der Waals surface area contributed by atoms with Crippen LogP contribution in [0.2, 0.25) is 0 Å². The van der Waals surface area contributed by atoms with E-state index in [9.17, 15) is 13.2 Å². The lowest BCUT2D eigenvalue weighted by molar-refractivity contribution is 0.0687. The van der Waals surface area contributed by atoms with Crippen LogP contribution in [0.4, 0.5) is 5.69 Å². The van der Waals surface area contributed by atoms with Gasteiger partial charge in [0, 0.05) is 19.5 Å². The van der Waals surface area contributed by atoms with Gasteiger partial charge in [-0.3, -0.25) is 19.5 Å². The number of ether oxygens (including phenoxy) is 2. The highest BCUT2D eigenvalue weighted by Crippen LogP contribution is 2.30. The fourth-order valence-corrected chi connectivity index (χ4v) is 5.41. The molecule has 13 heteroatoms. The van der Waals surface area contributed by atoms with Crippen molar-refractivity contribution in [3.05, 3.63) is 47.6 Å². The Balaban J connectivity index is 1.52. The molecule has 3 aromatic rings. The van der Waals surface area contributed by atoms with Crippen LogP contribution in [0.25, 0.3) is 10.6 Å². The number of anilines is 1. The predicted molar refractivity (Wildman–Crippen MR) is 131 cm³/mol. The second-order valence-electron chi connectivity index (χ2n) is 7.91. The number of pyridine rings is 1. The van der Waals surface area contributed by atoms with Crippen molar-refractivity contribution in [2.75, 3.05) is 18.4 Å². The van der Waals surface area contributed by atoms with Crippen LogP contribution in [0, 0.1) is 0 Å². The molecule has 1 aliphatic rings. The van der Waals surface area contributed by atoms with E-state index < -0.39 is 28.1 Å². The lowest BCUT2D eigenvalue weighted by Crippen LogP contribution is -2.36. The highest BCUT2D eigenvalue weighted by Gasteiger charge is 2.36. The van der Waals surface area contributed by atoms with Crippen LogP contribution in [0.5, 0.6) is 5.88 Å². The first kappa shape index (κ1) is 24.9. The van der Waals surface area contributed by atoms with Crippen molar-refractivity contribution in [3.8, 4) is 16.5 Å². The minimum absolute atomic E-state index is 0.225. The maximum atomic E-state index is 13.1. The smallest absolute Gasteiger partial charge is 0.280 e. The molecule has 0 radical (unpaired) electrons. The SMILES string of the molecule is CCOc1cncc(-c2cnc(C(=O)N[C@@H](c3cc(NS(=O)(=O)C4CC4)ccn3)[C@@H](C)OC)s2)n1. The van der Waals surface area contributed by atoms with Crippen LogP contribution in [0.15, 0.2) is 36.9 Å². The normalized spacial score (nSPS) is 15.3. The number of aromatic nitrogens is 4. The molecule has 0 spiro atoms. The Bertz CT molecular complexity index is 1290. The third-order valence-electron chi connectivity index (χ3n) is 5.31. The third kappa shape index (κ3) is 6.10. The van der Waals surface area contributed by atoms with E-state index in [1.54, 1.807) is 31.5 Å². The summed E-state index contributed by atoms with van der Waals surface area (Å²) in [7, 11) is -1.91. The van der Waals surface area contributed by atoms with Crippen molar-refractivity contribution in [1.29, 1.82) is 0 Å². The zero-order chi connectivity index (χ0) is 25.0. The zero-order valence-corrected chi connectivity index (χ0v) is 21.1. The molecular weight excluding hydrogens is 492 g/mol. The highest BCUT2D eigenvalue weighted by molar-refractivity contribution is 7.93. The van der Waals surface area contributed by atoms with Crippen LogP contribution < -0.4 is 14.8 Å². The third-order valence-corrected chi connectivity index (χ3v) is 8.20. The molecule has 0 unspecified atom stereocenters. The number of thiazole rings is 1. The molecule has 3 aromatic heterocycles. The predicted octanol–water partition coefficient (Wildman–Crippen LogP) is 2.80. The number of carbonyl (C=O) groups is 1. The summed E-state index contributed by atoms with van der Waals surface area (Å²) >= 11 is 1.16. The van der Waals surface area contributed by atoms with Gasteiger partial charge < -0.3 is 14.8 Å². The van der Waals surface area contributed by atoms with E-state index in [4.69, 9.17) is 9.47 Å². The van der Waals surface area contributed by atoms with Gasteiger partial charge in [-0.25, -0.2) is 18.4 Å². The van der Waals surface area contributed by atoms with E-state index in [0.717, 1.165) is 11.3 Å². The Labute approximate surface area is 207 Å². The van der Waals surface area contributed by atoms with Gasteiger partial charge in [-0.05, 0) is 38.8 Å². The average molecular weight is 519 g/mol. The summed E-state index contributed by atoms with van der Waals surface area (Å²) in [5.74, 6) is -0.0310. The monoisotopic (exact) mass is 518 g/mol. The van der Waals surface area contributed by atoms with Gasteiger partial charge in [0.05, 0.1) is 52.7 Å². The topological polar surface area (TPSA) is 145 Å².